The predicted octanol–water partition coefficient (Wildman–Crippen LogP) is 3.29. The Morgan fingerprint density at radius 3 is 2.46 bits per heavy atom. The minimum absolute atomic E-state index is 0.0340. The van der Waals surface area contributed by atoms with Crippen LogP contribution in [0.15, 0.2) is 18.2 Å². The molecule has 8 heteroatoms. The van der Waals surface area contributed by atoms with E-state index in [9.17, 15) is 9.18 Å². The number of hydrogen-bond acceptors (Lipinski definition) is 3. The van der Waals surface area contributed by atoms with Gasteiger partial charge in [0.1, 0.15) is 12.4 Å². The molecule has 140 valence electrons. The molecule has 5 nitrogen and oxygen atoms in total. The number of hydrogen-bond donors (Lipinski definition) is 0. The summed E-state index contributed by atoms with van der Waals surface area (Å²) >= 11 is 12.2. The van der Waals surface area contributed by atoms with Crippen LogP contribution in [0.25, 0.3) is 0 Å². The zero-order valence-corrected chi connectivity index (χ0v) is 16.3. The number of carbonyl (C=O) groups excluding carboxylic acids is 1. The molecule has 3 rings (SSSR count). The van der Waals surface area contributed by atoms with E-state index in [1.165, 1.54) is 12.1 Å². The summed E-state index contributed by atoms with van der Waals surface area (Å²) in [6.45, 7) is 7.32. The third-order valence-electron chi connectivity index (χ3n) is 4.71. The molecule has 0 N–H and O–H groups in total. The van der Waals surface area contributed by atoms with Crippen LogP contribution in [0.5, 0.6) is 0 Å². The second-order valence-electron chi connectivity index (χ2n) is 6.54. The van der Waals surface area contributed by atoms with Crippen molar-refractivity contribution in [3.63, 3.8) is 0 Å². The third kappa shape index (κ3) is 4.19. The van der Waals surface area contributed by atoms with Crippen LogP contribution in [0.4, 0.5) is 4.39 Å². The van der Waals surface area contributed by atoms with Crippen LogP contribution in [0.1, 0.15) is 17.0 Å². The van der Waals surface area contributed by atoms with E-state index in [1.54, 1.807) is 10.7 Å². The Balaban J connectivity index is 1.54. The number of carbonyl (C=O) groups is 1. The number of aryl methyl sites for hydroxylation is 1. The molecule has 2 heterocycles. The molecule has 1 fully saturated rings. The first kappa shape index (κ1) is 19.1. The van der Waals surface area contributed by atoms with E-state index in [2.05, 4.69) is 10.00 Å². The van der Waals surface area contributed by atoms with Crippen LogP contribution in [0.2, 0.25) is 10.0 Å². The average Bonchev–Trinajstić information content (AvgIpc) is 2.85. The van der Waals surface area contributed by atoms with Crippen molar-refractivity contribution >= 4 is 29.1 Å². The molecule has 0 bridgehead atoms. The Kier molecular flexibility index (Phi) is 5.85. The Hall–Kier alpha value is -1.63. The highest BCUT2D eigenvalue weighted by atomic mass is 35.5. The molecule has 26 heavy (non-hydrogen) atoms. The summed E-state index contributed by atoms with van der Waals surface area (Å²) in [5, 5.41) is 5.36. The van der Waals surface area contributed by atoms with Crippen molar-refractivity contribution in [2.24, 2.45) is 0 Å². The Labute approximate surface area is 162 Å². The molecule has 1 aromatic heterocycles. The first-order chi connectivity index (χ1) is 12.3. The molecule has 0 aliphatic carbocycles. The molecule has 0 atom stereocenters. The molecule has 1 saturated heterocycles. The molecule has 2 aromatic rings. The molecular weight excluding hydrogens is 378 g/mol. The van der Waals surface area contributed by atoms with E-state index in [1.807, 2.05) is 18.7 Å². The molecular formula is C18H21Cl2FN4O. The number of nitrogens with zero attached hydrogens (tertiary/aromatic N) is 4. The quantitative estimate of drug-likeness (QED) is 0.793. The van der Waals surface area contributed by atoms with Gasteiger partial charge in [-0.1, -0.05) is 29.3 Å². The van der Waals surface area contributed by atoms with Gasteiger partial charge in [0.15, 0.2) is 0 Å². The molecule has 0 saturated carbocycles. The van der Waals surface area contributed by atoms with Gasteiger partial charge in [-0.05, 0) is 31.5 Å². The summed E-state index contributed by atoms with van der Waals surface area (Å²) in [4.78, 5) is 16.6. The number of rotatable bonds is 4. The van der Waals surface area contributed by atoms with Gasteiger partial charge in [0.2, 0.25) is 5.91 Å². The van der Waals surface area contributed by atoms with Crippen molar-refractivity contribution in [3.8, 4) is 0 Å². The number of piperazine rings is 1. The molecule has 0 radical (unpaired) electrons. The zero-order chi connectivity index (χ0) is 18.8. The fourth-order valence-corrected chi connectivity index (χ4v) is 3.47. The van der Waals surface area contributed by atoms with E-state index in [-0.39, 0.29) is 18.3 Å². The Morgan fingerprint density at radius 2 is 1.88 bits per heavy atom. The van der Waals surface area contributed by atoms with E-state index < -0.39 is 0 Å². The number of amides is 1. The van der Waals surface area contributed by atoms with Crippen molar-refractivity contribution < 1.29 is 9.18 Å². The Bertz CT molecular complexity index is 816. The first-order valence-electron chi connectivity index (χ1n) is 8.48. The van der Waals surface area contributed by atoms with Gasteiger partial charge >= 0.3 is 0 Å². The summed E-state index contributed by atoms with van der Waals surface area (Å²) in [6, 6.07) is 4.46. The van der Waals surface area contributed by atoms with Gasteiger partial charge in [-0.25, -0.2) is 4.39 Å². The molecule has 1 aliphatic rings. The van der Waals surface area contributed by atoms with Gasteiger partial charge in [-0.2, -0.15) is 5.10 Å². The maximum absolute atomic E-state index is 13.1. The minimum atomic E-state index is -0.335. The second kappa shape index (κ2) is 7.94. The lowest BCUT2D eigenvalue weighted by Gasteiger charge is -2.35. The molecule has 0 unspecified atom stereocenters. The highest BCUT2D eigenvalue weighted by Gasteiger charge is 2.23. The summed E-state index contributed by atoms with van der Waals surface area (Å²) in [6.07, 6.45) is 0. The van der Waals surface area contributed by atoms with Crippen LogP contribution < -0.4 is 0 Å². The topological polar surface area (TPSA) is 41.4 Å². The van der Waals surface area contributed by atoms with E-state index >= 15 is 0 Å². The van der Waals surface area contributed by atoms with E-state index in [0.29, 0.717) is 29.7 Å². The van der Waals surface area contributed by atoms with Crippen LogP contribution in [-0.2, 0) is 17.9 Å². The lowest BCUT2D eigenvalue weighted by Crippen LogP contribution is -2.49. The largest absolute Gasteiger partial charge is 0.339 e. The SMILES string of the molecule is Cc1nn(CC(=O)N2CCN(Cc3ccc(F)cc3Cl)CC2)c(C)c1Cl. The van der Waals surface area contributed by atoms with Crippen molar-refractivity contribution in [2.45, 2.75) is 26.9 Å². The fraction of sp³-hybridized carbons (Fsp3) is 0.444. The highest BCUT2D eigenvalue weighted by Crippen LogP contribution is 2.21. The van der Waals surface area contributed by atoms with Gasteiger partial charge in [0.25, 0.3) is 0 Å². The van der Waals surface area contributed by atoms with Crippen molar-refractivity contribution in [1.29, 1.82) is 0 Å². The van der Waals surface area contributed by atoms with Gasteiger partial charge in [-0.3, -0.25) is 14.4 Å². The van der Waals surface area contributed by atoms with Crippen LogP contribution in [0, 0.1) is 19.7 Å². The molecule has 0 spiro atoms. The van der Waals surface area contributed by atoms with Crippen molar-refractivity contribution in [1.82, 2.24) is 19.6 Å². The smallest absolute Gasteiger partial charge is 0.244 e. The highest BCUT2D eigenvalue weighted by molar-refractivity contribution is 6.32. The zero-order valence-electron chi connectivity index (χ0n) is 14.8. The third-order valence-corrected chi connectivity index (χ3v) is 5.61. The molecule has 1 amide bonds. The van der Waals surface area contributed by atoms with Gasteiger partial charge in [0.05, 0.1) is 16.4 Å². The minimum Gasteiger partial charge on any atom is -0.339 e. The standard InChI is InChI=1S/C18H21Cl2FN4O/c1-12-18(20)13(2)25(22-12)11-17(26)24-7-5-23(6-8-24)10-14-3-4-15(21)9-16(14)19/h3-4,9H,5-8,10-11H2,1-2H3. The number of halogens is 3. The fourth-order valence-electron chi connectivity index (χ4n) is 3.10. The van der Waals surface area contributed by atoms with Crippen LogP contribution in [-0.4, -0.2) is 51.7 Å². The monoisotopic (exact) mass is 398 g/mol. The lowest BCUT2D eigenvalue weighted by molar-refractivity contribution is -0.133. The van der Waals surface area contributed by atoms with E-state index in [4.69, 9.17) is 23.2 Å². The normalized spacial score (nSPS) is 15.5. The van der Waals surface area contributed by atoms with Gasteiger partial charge in [0, 0.05) is 37.7 Å². The maximum atomic E-state index is 13.1. The number of aromatic nitrogens is 2. The number of benzene rings is 1. The van der Waals surface area contributed by atoms with Gasteiger partial charge in [-0.15, -0.1) is 0 Å². The van der Waals surface area contributed by atoms with Crippen molar-refractivity contribution in [3.05, 3.63) is 51.0 Å². The summed E-state index contributed by atoms with van der Waals surface area (Å²) in [5.41, 5.74) is 2.44. The first-order valence-corrected chi connectivity index (χ1v) is 9.24. The van der Waals surface area contributed by atoms with E-state index in [0.717, 1.165) is 30.0 Å². The predicted molar refractivity (Wildman–Crippen MR) is 100.0 cm³/mol. The molecule has 1 aliphatic heterocycles. The second-order valence-corrected chi connectivity index (χ2v) is 7.32. The maximum Gasteiger partial charge on any atom is 0.244 e. The van der Waals surface area contributed by atoms with Gasteiger partial charge < -0.3 is 4.90 Å². The summed E-state index contributed by atoms with van der Waals surface area (Å²) in [5.74, 6) is -0.301. The summed E-state index contributed by atoms with van der Waals surface area (Å²) < 4.78 is 14.8. The summed E-state index contributed by atoms with van der Waals surface area (Å²) in [7, 11) is 0. The Morgan fingerprint density at radius 1 is 1.19 bits per heavy atom. The molecule has 1 aromatic carbocycles. The average molecular weight is 399 g/mol. The van der Waals surface area contributed by atoms with Crippen LogP contribution >= 0.6 is 23.2 Å². The van der Waals surface area contributed by atoms with Crippen molar-refractivity contribution in [2.75, 3.05) is 26.2 Å². The van der Waals surface area contributed by atoms with Crippen LogP contribution in [0.3, 0.4) is 0 Å². The lowest BCUT2D eigenvalue weighted by atomic mass is 10.2.